The maximum absolute atomic E-state index is 8.71. The van der Waals surface area contributed by atoms with Gasteiger partial charge in [-0.2, -0.15) is 0 Å². The lowest BCUT2D eigenvalue weighted by atomic mass is 10.4. The molecule has 0 bridgehead atoms. The van der Waals surface area contributed by atoms with Gasteiger partial charge in [0.05, 0.1) is 19.0 Å². The van der Waals surface area contributed by atoms with E-state index in [1.54, 1.807) is 12.3 Å². The Kier molecular flexibility index (Phi) is 3.14. The maximum Gasteiger partial charge on any atom is 0.129 e. The molecule has 0 saturated carbocycles. The molecule has 0 amide bonds. The predicted octanol–water partition coefficient (Wildman–Crippen LogP) is 0.991. The second-order valence-electron chi connectivity index (χ2n) is 2.25. The molecule has 0 fully saturated rings. The summed E-state index contributed by atoms with van der Waals surface area (Å²) in [5, 5.41) is 8.71. The largest absolute Gasteiger partial charge is 0.467 e. The first-order valence-electron chi connectivity index (χ1n) is 3.40. The van der Waals surface area contributed by atoms with Crippen LogP contribution in [0.4, 0.5) is 0 Å². The van der Waals surface area contributed by atoms with E-state index in [4.69, 9.17) is 14.3 Å². The molecule has 0 spiro atoms. The summed E-state index contributed by atoms with van der Waals surface area (Å²) in [7, 11) is 0. The molecule has 1 unspecified atom stereocenters. The molecular weight excluding hydrogens is 144 g/mol. The molecule has 1 N–H and O–H groups in total. The molecule has 1 heterocycles. The summed E-state index contributed by atoms with van der Waals surface area (Å²) in [4.78, 5) is 0. The summed E-state index contributed by atoms with van der Waals surface area (Å²) in [5.41, 5.74) is 0. The van der Waals surface area contributed by atoms with Crippen molar-refractivity contribution in [1.82, 2.24) is 0 Å². The van der Waals surface area contributed by atoms with Crippen LogP contribution in [0.1, 0.15) is 5.76 Å². The van der Waals surface area contributed by atoms with Gasteiger partial charge in [-0.25, -0.2) is 0 Å². The normalized spacial score (nSPS) is 13.3. The Morgan fingerprint density at radius 1 is 1.73 bits per heavy atom. The molecule has 0 aromatic carbocycles. The highest BCUT2D eigenvalue weighted by Gasteiger charge is 1.97. The minimum atomic E-state index is -0.662. The van der Waals surface area contributed by atoms with E-state index >= 15 is 0 Å². The number of ether oxygens (including phenoxy) is 1. The van der Waals surface area contributed by atoms with Crippen molar-refractivity contribution in [2.75, 3.05) is 6.61 Å². The number of aliphatic hydroxyl groups is 1. The summed E-state index contributed by atoms with van der Waals surface area (Å²) in [6, 6.07) is 3.61. The van der Waals surface area contributed by atoms with E-state index in [9.17, 15) is 0 Å². The first kappa shape index (κ1) is 8.30. The van der Waals surface area contributed by atoms with Crippen molar-refractivity contribution >= 4 is 0 Å². The van der Waals surface area contributed by atoms with Gasteiger partial charge >= 0.3 is 0 Å². The zero-order valence-electron chi connectivity index (χ0n) is 6.19. The van der Waals surface area contributed by atoms with Crippen molar-refractivity contribution in [3.8, 4) is 0 Å². The molecule has 0 aliphatic heterocycles. The SMILES string of the molecule is [CH2]C(O)COCc1ccco1. The van der Waals surface area contributed by atoms with E-state index in [1.807, 2.05) is 6.07 Å². The van der Waals surface area contributed by atoms with Crippen molar-refractivity contribution in [2.24, 2.45) is 0 Å². The van der Waals surface area contributed by atoms with Crippen LogP contribution < -0.4 is 0 Å². The molecule has 1 atom stereocenters. The molecule has 1 rings (SSSR count). The number of hydrogen-bond acceptors (Lipinski definition) is 3. The van der Waals surface area contributed by atoms with E-state index < -0.39 is 6.10 Å². The van der Waals surface area contributed by atoms with E-state index in [0.717, 1.165) is 5.76 Å². The minimum Gasteiger partial charge on any atom is -0.467 e. The average molecular weight is 155 g/mol. The topological polar surface area (TPSA) is 42.6 Å². The van der Waals surface area contributed by atoms with E-state index in [1.165, 1.54) is 0 Å². The van der Waals surface area contributed by atoms with Gasteiger partial charge < -0.3 is 14.3 Å². The lowest BCUT2D eigenvalue weighted by Crippen LogP contribution is -2.10. The molecule has 1 aromatic rings. The third kappa shape index (κ3) is 3.20. The van der Waals surface area contributed by atoms with Crippen molar-refractivity contribution in [3.63, 3.8) is 0 Å². The Bertz CT molecular complexity index is 179. The smallest absolute Gasteiger partial charge is 0.129 e. The van der Waals surface area contributed by atoms with Gasteiger partial charge in [0.2, 0.25) is 0 Å². The van der Waals surface area contributed by atoms with Gasteiger partial charge in [-0.15, -0.1) is 0 Å². The highest BCUT2D eigenvalue weighted by molar-refractivity contribution is 4.95. The Hall–Kier alpha value is -0.800. The summed E-state index contributed by atoms with van der Waals surface area (Å²) >= 11 is 0. The van der Waals surface area contributed by atoms with Gasteiger partial charge in [-0.3, -0.25) is 0 Å². The Balaban J connectivity index is 2.14. The van der Waals surface area contributed by atoms with Crippen LogP contribution in [0.3, 0.4) is 0 Å². The highest BCUT2D eigenvalue weighted by Crippen LogP contribution is 2.01. The quantitative estimate of drug-likeness (QED) is 0.705. The Labute approximate surface area is 65.6 Å². The Morgan fingerprint density at radius 3 is 3.09 bits per heavy atom. The lowest BCUT2D eigenvalue weighted by Gasteiger charge is -2.03. The minimum absolute atomic E-state index is 0.237. The molecule has 1 aromatic heterocycles. The molecule has 11 heavy (non-hydrogen) atoms. The van der Waals surface area contributed by atoms with Gasteiger partial charge in [0.1, 0.15) is 12.4 Å². The zero-order valence-corrected chi connectivity index (χ0v) is 6.19. The van der Waals surface area contributed by atoms with Crippen LogP contribution in [0.25, 0.3) is 0 Å². The van der Waals surface area contributed by atoms with Gasteiger partial charge in [0, 0.05) is 0 Å². The highest BCUT2D eigenvalue weighted by atomic mass is 16.5. The van der Waals surface area contributed by atoms with Crippen molar-refractivity contribution < 1.29 is 14.3 Å². The second-order valence-corrected chi connectivity index (χ2v) is 2.25. The van der Waals surface area contributed by atoms with Crippen LogP contribution >= 0.6 is 0 Å². The fraction of sp³-hybridized carbons (Fsp3) is 0.375. The Morgan fingerprint density at radius 2 is 2.55 bits per heavy atom. The maximum atomic E-state index is 8.71. The third-order valence-corrected chi connectivity index (χ3v) is 1.13. The first-order chi connectivity index (χ1) is 5.29. The lowest BCUT2D eigenvalue weighted by molar-refractivity contribution is 0.0416. The van der Waals surface area contributed by atoms with Crippen LogP contribution in [0, 0.1) is 6.92 Å². The fourth-order valence-electron chi connectivity index (χ4n) is 0.690. The van der Waals surface area contributed by atoms with Crippen LogP contribution in [-0.2, 0) is 11.3 Å². The standard InChI is InChI=1S/C8H11O3/c1-7(9)5-10-6-8-3-2-4-11-8/h2-4,7,9H,1,5-6H2. The van der Waals surface area contributed by atoms with E-state index in [0.29, 0.717) is 6.61 Å². The molecule has 1 radical (unpaired) electrons. The number of hydrogen-bond donors (Lipinski definition) is 1. The molecule has 3 nitrogen and oxygen atoms in total. The van der Waals surface area contributed by atoms with Gasteiger partial charge in [-0.1, -0.05) is 0 Å². The fourth-order valence-corrected chi connectivity index (χ4v) is 0.690. The van der Waals surface area contributed by atoms with Crippen LogP contribution in [0.5, 0.6) is 0 Å². The van der Waals surface area contributed by atoms with Gasteiger partial charge in [0.15, 0.2) is 0 Å². The summed E-state index contributed by atoms with van der Waals surface area (Å²) in [6.07, 6.45) is 0.921. The summed E-state index contributed by atoms with van der Waals surface area (Å²) in [6.45, 7) is 3.98. The number of rotatable bonds is 4. The van der Waals surface area contributed by atoms with Crippen LogP contribution in [0.15, 0.2) is 22.8 Å². The average Bonchev–Trinajstić information content (AvgIpc) is 2.39. The summed E-state index contributed by atoms with van der Waals surface area (Å²) < 4.78 is 10.0. The predicted molar refractivity (Wildman–Crippen MR) is 39.7 cm³/mol. The molecule has 3 heteroatoms. The van der Waals surface area contributed by atoms with Crippen molar-refractivity contribution in [1.29, 1.82) is 0 Å². The molecular formula is C8H11O3. The van der Waals surface area contributed by atoms with E-state index in [2.05, 4.69) is 6.92 Å². The molecule has 61 valence electrons. The van der Waals surface area contributed by atoms with Crippen molar-refractivity contribution in [3.05, 3.63) is 31.1 Å². The third-order valence-electron chi connectivity index (χ3n) is 1.13. The van der Waals surface area contributed by atoms with Gasteiger partial charge in [-0.05, 0) is 19.1 Å². The number of furan rings is 1. The van der Waals surface area contributed by atoms with Gasteiger partial charge in [0.25, 0.3) is 0 Å². The summed E-state index contributed by atoms with van der Waals surface area (Å²) in [5.74, 6) is 0.755. The van der Waals surface area contributed by atoms with Crippen LogP contribution in [0.2, 0.25) is 0 Å². The first-order valence-corrected chi connectivity index (χ1v) is 3.40. The molecule has 0 saturated heterocycles. The van der Waals surface area contributed by atoms with E-state index in [-0.39, 0.29) is 6.61 Å². The molecule has 0 aliphatic rings. The van der Waals surface area contributed by atoms with Crippen LogP contribution in [-0.4, -0.2) is 17.8 Å². The second kappa shape index (κ2) is 4.16. The monoisotopic (exact) mass is 155 g/mol. The molecule has 0 aliphatic carbocycles. The number of aliphatic hydroxyl groups excluding tert-OH is 1. The van der Waals surface area contributed by atoms with Crippen molar-refractivity contribution in [2.45, 2.75) is 12.7 Å². The zero-order chi connectivity index (χ0) is 8.10.